The Morgan fingerprint density at radius 3 is 2.38 bits per heavy atom. The van der Waals surface area contributed by atoms with Crippen LogP contribution in [0, 0.1) is 0 Å². The molecule has 5 nitrogen and oxygen atoms in total. The van der Waals surface area contributed by atoms with Gasteiger partial charge in [0.25, 0.3) is 0 Å². The Labute approximate surface area is 101 Å². The van der Waals surface area contributed by atoms with Crippen LogP contribution in [-0.2, 0) is 19.4 Å². The molecule has 1 unspecified atom stereocenters. The molecule has 0 saturated carbocycles. The van der Waals surface area contributed by atoms with E-state index in [9.17, 15) is 13.2 Å². The average Bonchev–Trinajstić information content (AvgIpc) is 2.12. The van der Waals surface area contributed by atoms with Crippen molar-refractivity contribution in [3.8, 4) is 0 Å². The fourth-order valence-corrected chi connectivity index (χ4v) is 1.44. The van der Waals surface area contributed by atoms with Crippen molar-refractivity contribution in [3.63, 3.8) is 0 Å². The van der Waals surface area contributed by atoms with Gasteiger partial charge in [0.15, 0.2) is 9.84 Å². The molecule has 0 bridgehead atoms. The molecule has 1 N–H and O–H groups in total. The summed E-state index contributed by atoms with van der Waals surface area (Å²) in [6.45, 7) is 3.18. The second-order valence-electron chi connectivity index (χ2n) is 4.05. The number of hydrogen-bond donors (Lipinski definition) is 1. The largest absolute Gasteiger partial charge is 0.383 e. The van der Waals surface area contributed by atoms with Gasteiger partial charge in [0.1, 0.15) is 4.75 Å². The van der Waals surface area contributed by atoms with Crippen LogP contribution in [0.2, 0.25) is 0 Å². The molecule has 0 spiro atoms. The Balaban J connectivity index is 4.38. The van der Waals surface area contributed by atoms with Gasteiger partial charge >= 0.3 is 0 Å². The van der Waals surface area contributed by atoms with Crippen LogP contribution in [0.15, 0.2) is 0 Å². The topological polar surface area (TPSA) is 72.5 Å². The van der Waals surface area contributed by atoms with Crippen molar-refractivity contribution in [3.05, 3.63) is 0 Å². The first-order valence-corrected chi connectivity index (χ1v) is 7.06. The van der Waals surface area contributed by atoms with Crippen molar-refractivity contribution < 1.29 is 17.9 Å². The first kappa shape index (κ1) is 15.7. The van der Waals surface area contributed by atoms with Crippen LogP contribution < -0.4 is 5.32 Å². The lowest BCUT2D eigenvalue weighted by Crippen LogP contribution is -2.49. The highest BCUT2D eigenvalue weighted by Gasteiger charge is 2.38. The highest BCUT2D eigenvalue weighted by molar-refractivity contribution is 7.92. The summed E-state index contributed by atoms with van der Waals surface area (Å²) in [5.74, 6) is -0.559. The average molecular weight is 272 g/mol. The minimum absolute atomic E-state index is 0.174. The zero-order valence-corrected chi connectivity index (χ0v) is 11.5. The molecule has 0 radical (unpaired) electrons. The number of methoxy groups -OCH3 is 1. The van der Waals surface area contributed by atoms with Crippen molar-refractivity contribution >= 4 is 27.3 Å². The molecule has 7 heteroatoms. The molecule has 0 aromatic rings. The number of hydrogen-bond acceptors (Lipinski definition) is 4. The molecule has 16 heavy (non-hydrogen) atoms. The van der Waals surface area contributed by atoms with Crippen LogP contribution >= 0.6 is 11.6 Å². The number of sulfone groups is 1. The lowest BCUT2D eigenvalue weighted by molar-refractivity contribution is -0.122. The molecule has 0 rings (SSSR count). The molecular formula is C9H18ClNO4S. The number of halogens is 1. The first-order valence-electron chi connectivity index (χ1n) is 4.74. The van der Waals surface area contributed by atoms with Gasteiger partial charge in [-0.3, -0.25) is 4.79 Å². The third-order valence-corrected chi connectivity index (χ3v) is 4.63. The Hall–Kier alpha value is -0.330. The lowest BCUT2D eigenvalue weighted by Gasteiger charge is -2.22. The van der Waals surface area contributed by atoms with Crippen LogP contribution in [0.5, 0.6) is 0 Å². The third kappa shape index (κ3) is 4.27. The van der Waals surface area contributed by atoms with E-state index in [1.165, 1.54) is 21.0 Å². The highest BCUT2D eigenvalue weighted by Crippen LogP contribution is 2.14. The van der Waals surface area contributed by atoms with Crippen molar-refractivity contribution in [1.82, 2.24) is 5.32 Å². The van der Waals surface area contributed by atoms with Crippen LogP contribution in [0.3, 0.4) is 0 Å². The van der Waals surface area contributed by atoms with Gasteiger partial charge in [-0.15, -0.1) is 11.6 Å². The molecule has 0 aliphatic heterocycles. The minimum Gasteiger partial charge on any atom is -0.383 e. The normalized spacial score (nSPS) is 14.6. The Morgan fingerprint density at radius 1 is 1.50 bits per heavy atom. The highest BCUT2D eigenvalue weighted by atomic mass is 35.5. The van der Waals surface area contributed by atoms with E-state index in [-0.39, 0.29) is 11.9 Å². The van der Waals surface area contributed by atoms with E-state index in [0.29, 0.717) is 6.61 Å². The summed E-state index contributed by atoms with van der Waals surface area (Å²) in [5.41, 5.74) is 0. The maximum absolute atomic E-state index is 11.6. The summed E-state index contributed by atoms with van der Waals surface area (Å²) >= 11 is 5.80. The molecule has 0 aromatic carbocycles. The van der Waals surface area contributed by atoms with Gasteiger partial charge in [-0.1, -0.05) is 0 Å². The van der Waals surface area contributed by atoms with Crippen molar-refractivity contribution in [1.29, 1.82) is 0 Å². The molecule has 96 valence electrons. The van der Waals surface area contributed by atoms with Crippen LogP contribution in [0.1, 0.15) is 13.8 Å². The van der Waals surface area contributed by atoms with E-state index in [1.807, 2.05) is 0 Å². The second kappa shape index (κ2) is 5.84. The number of nitrogens with one attached hydrogen (secondary N) is 1. The van der Waals surface area contributed by atoms with Gasteiger partial charge in [-0.05, 0) is 13.8 Å². The maximum atomic E-state index is 11.6. The molecule has 1 amide bonds. The monoisotopic (exact) mass is 271 g/mol. The molecule has 0 aromatic heterocycles. The summed E-state index contributed by atoms with van der Waals surface area (Å²) in [7, 11) is -1.95. The number of carbonyl (C=O) groups is 1. The summed E-state index contributed by atoms with van der Waals surface area (Å²) in [4.78, 5) is 11.6. The van der Waals surface area contributed by atoms with Gasteiger partial charge in [0.05, 0.1) is 12.0 Å². The third-order valence-electron chi connectivity index (χ3n) is 2.31. The quantitative estimate of drug-likeness (QED) is 0.700. The summed E-state index contributed by atoms with van der Waals surface area (Å²) < 4.78 is 26.0. The van der Waals surface area contributed by atoms with E-state index in [1.54, 1.807) is 0 Å². The molecule has 0 aliphatic carbocycles. The van der Waals surface area contributed by atoms with Gasteiger partial charge in [-0.25, -0.2) is 8.42 Å². The summed E-state index contributed by atoms with van der Waals surface area (Å²) in [5, 5.41) is 2.11. The molecule has 0 saturated heterocycles. The predicted octanol–water partition coefficient (Wildman–Crippen LogP) is 0.180. The Kier molecular flexibility index (Phi) is 5.72. The van der Waals surface area contributed by atoms with E-state index < -0.39 is 20.5 Å². The zero-order chi connectivity index (χ0) is 13.0. The van der Waals surface area contributed by atoms with Crippen LogP contribution in [-0.4, -0.2) is 51.0 Å². The first-order chi connectivity index (χ1) is 7.13. The van der Waals surface area contributed by atoms with Crippen LogP contribution in [0.4, 0.5) is 0 Å². The molecule has 0 fully saturated rings. The number of alkyl halides is 1. The maximum Gasteiger partial charge on any atom is 0.240 e. The van der Waals surface area contributed by atoms with Crippen LogP contribution in [0.25, 0.3) is 0 Å². The van der Waals surface area contributed by atoms with Gasteiger partial charge in [0, 0.05) is 19.9 Å². The van der Waals surface area contributed by atoms with Crippen molar-refractivity contribution in [2.24, 2.45) is 0 Å². The standard InChI is InChI=1S/C9H18ClNO4S/c1-9(2,16(4,13)14)8(12)11-5-7(10)6-15-3/h7H,5-6H2,1-4H3,(H,11,12). The minimum atomic E-state index is -3.45. The fourth-order valence-electron chi connectivity index (χ4n) is 0.824. The SMILES string of the molecule is COCC(Cl)CNC(=O)C(C)(C)S(C)(=O)=O. The molecule has 0 aliphatic rings. The van der Waals surface area contributed by atoms with Gasteiger partial charge in [-0.2, -0.15) is 0 Å². The molecule has 1 atom stereocenters. The van der Waals surface area contributed by atoms with E-state index in [0.717, 1.165) is 6.26 Å². The van der Waals surface area contributed by atoms with E-state index in [4.69, 9.17) is 16.3 Å². The number of rotatable bonds is 6. The second-order valence-corrected chi connectivity index (χ2v) is 7.23. The Morgan fingerprint density at radius 2 is 2.00 bits per heavy atom. The number of amides is 1. The molecule has 0 heterocycles. The van der Waals surface area contributed by atoms with E-state index in [2.05, 4.69) is 5.32 Å². The van der Waals surface area contributed by atoms with Crippen molar-refractivity contribution in [2.45, 2.75) is 24.0 Å². The lowest BCUT2D eigenvalue weighted by atomic mass is 10.2. The number of carbonyl (C=O) groups excluding carboxylic acids is 1. The summed E-state index contributed by atoms with van der Waals surface area (Å²) in [6, 6.07) is 0. The van der Waals surface area contributed by atoms with Gasteiger partial charge in [0.2, 0.25) is 5.91 Å². The van der Waals surface area contributed by atoms with E-state index >= 15 is 0 Å². The Bertz CT molecular complexity index is 339. The van der Waals surface area contributed by atoms with Gasteiger partial charge < -0.3 is 10.1 Å². The molecular weight excluding hydrogens is 254 g/mol. The predicted molar refractivity (Wildman–Crippen MR) is 63.4 cm³/mol. The summed E-state index contributed by atoms with van der Waals surface area (Å²) in [6.07, 6.45) is 1.03. The fraction of sp³-hybridized carbons (Fsp3) is 0.889. The zero-order valence-electron chi connectivity index (χ0n) is 9.91. The smallest absolute Gasteiger partial charge is 0.240 e. The number of ether oxygens (including phenoxy) is 1. The van der Waals surface area contributed by atoms with Crippen molar-refractivity contribution in [2.75, 3.05) is 26.5 Å².